The average molecular weight is 438 g/mol. The van der Waals surface area contributed by atoms with Crippen LogP contribution >= 0.6 is 11.6 Å². The minimum absolute atomic E-state index is 0.0761. The van der Waals surface area contributed by atoms with Crippen molar-refractivity contribution in [3.63, 3.8) is 0 Å². The maximum absolute atomic E-state index is 12.3. The van der Waals surface area contributed by atoms with Crippen LogP contribution in [0.15, 0.2) is 18.2 Å². The summed E-state index contributed by atoms with van der Waals surface area (Å²) in [6.45, 7) is 0. The van der Waals surface area contributed by atoms with Gasteiger partial charge in [0.25, 0.3) is 5.91 Å². The largest absolute Gasteiger partial charge is 0.507 e. The van der Waals surface area contributed by atoms with E-state index >= 15 is 0 Å². The van der Waals surface area contributed by atoms with Gasteiger partial charge < -0.3 is 34.8 Å². The molecule has 3 rings (SSSR count). The molecule has 0 radical (unpaired) electrons. The van der Waals surface area contributed by atoms with Crippen molar-refractivity contribution in [2.75, 3.05) is 19.5 Å². The first-order chi connectivity index (χ1) is 14.3. The summed E-state index contributed by atoms with van der Waals surface area (Å²) in [6.07, 6.45) is -0.0701. The minimum Gasteiger partial charge on any atom is -0.507 e. The van der Waals surface area contributed by atoms with Gasteiger partial charge >= 0.3 is 5.97 Å². The highest BCUT2D eigenvalue weighted by Crippen LogP contribution is 2.41. The highest BCUT2D eigenvalue weighted by molar-refractivity contribution is 6.33. The lowest BCUT2D eigenvalue weighted by molar-refractivity contribution is -0.123. The van der Waals surface area contributed by atoms with Crippen LogP contribution in [-0.4, -0.2) is 47.5 Å². The van der Waals surface area contributed by atoms with Gasteiger partial charge in [0.1, 0.15) is 22.8 Å². The number of methoxy groups -OCH3 is 2. The van der Waals surface area contributed by atoms with E-state index in [0.717, 1.165) is 13.2 Å². The molecule has 0 bridgehead atoms. The third kappa shape index (κ3) is 4.02. The van der Waals surface area contributed by atoms with Gasteiger partial charge in [-0.3, -0.25) is 4.79 Å². The highest BCUT2D eigenvalue weighted by Gasteiger charge is 2.29. The van der Waals surface area contributed by atoms with E-state index in [9.17, 15) is 24.9 Å². The number of hydrogen-bond acceptors (Lipinski definition) is 8. The van der Waals surface area contributed by atoms with Crippen LogP contribution in [-0.2, 0) is 16.0 Å². The quantitative estimate of drug-likeness (QED) is 0.506. The summed E-state index contributed by atoms with van der Waals surface area (Å²) in [5.74, 6) is -1.60. The van der Waals surface area contributed by atoms with E-state index in [1.165, 1.54) is 19.2 Å². The lowest BCUT2D eigenvalue weighted by atomic mass is 9.98. The smallest absolute Gasteiger partial charge is 0.341 e. The first-order valence-corrected chi connectivity index (χ1v) is 9.34. The van der Waals surface area contributed by atoms with Gasteiger partial charge in [-0.1, -0.05) is 11.6 Å². The Balaban J connectivity index is 1.76. The number of esters is 1. The summed E-state index contributed by atoms with van der Waals surface area (Å²) in [5, 5.41) is 32.3. The van der Waals surface area contributed by atoms with Crippen molar-refractivity contribution in [2.24, 2.45) is 0 Å². The van der Waals surface area contributed by atoms with Gasteiger partial charge in [-0.2, -0.15) is 0 Å². The van der Waals surface area contributed by atoms with Crippen LogP contribution in [0.4, 0.5) is 5.69 Å². The number of hydrogen-bond donors (Lipinski definition) is 4. The number of rotatable bonds is 6. The predicted octanol–water partition coefficient (Wildman–Crippen LogP) is 2.97. The SMILES string of the molecule is COC(=O)c1c(O)cc(O)c(Cl)c1CCCC1Oc2cc(OC)c(O)cc2NC1=O. The van der Waals surface area contributed by atoms with Crippen LogP contribution in [0.2, 0.25) is 5.02 Å². The minimum atomic E-state index is -0.835. The predicted molar refractivity (Wildman–Crippen MR) is 107 cm³/mol. The molecule has 0 aliphatic carbocycles. The fraction of sp³-hybridized carbons (Fsp3) is 0.300. The van der Waals surface area contributed by atoms with E-state index in [1.807, 2.05) is 0 Å². The van der Waals surface area contributed by atoms with Crippen LogP contribution in [0.3, 0.4) is 0 Å². The van der Waals surface area contributed by atoms with Gasteiger partial charge in [-0.15, -0.1) is 0 Å². The summed E-state index contributed by atoms with van der Waals surface area (Å²) < 4.78 is 15.5. The van der Waals surface area contributed by atoms with Crippen molar-refractivity contribution < 1.29 is 39.1 Å². The number of phenolic OH excluding ortho intramolecular Hbond substituents is 3. The van der Waals surface area contributed by atoms with Crippen molar-refractivity contribution in [2.45, 2.75) is 25.4 Å². The molecular weight excluding hydrogens is 418 g/mol. The maximum Gasteiger partial charge on any atom is 0.341 e. The van der Waals surface area contributed by atoms with Crippen molar-refractivity contribution in [3.05, 3.63) is 34.3 Å². The topological polar surface area (TPSA) is 135 Å². The van der Waals surface area contributed by atoms with Gasteiger partial charge in [0.05, 0.1) is 24.9 Å². The molecule has 10 heteroatoms. The number of fused-ring (bicyclic) bond motifs is 1. The molecule has 0 aromatic heterocycles. The molecule has 1 heterocycles. The van der Waals surface area contributed by atoms with Crippen molar-refractivity contribution in [1.82, 2.24) is 0 Å². The van der Waals surface area contributed by atoms with Gasteiger partial charge in [-0.25, -0.2) is 4.79 Å². The first kappa shape index (κ1) is 21.4. The molecule has 9 nitrogen and oxygen atoms in total. The molecule has 160 valence electrons. The molecule has 0 saturated heterocycles. The second kappa shape index (κ2) is 8.58. The molecule has 2 aromatic carbocycles. The number of carbonyl (C=O) groups is 2. The van der Waals surface area contributed by atoms with Crippen molar-refractivity contribution in [3.8, 4) is 28.7 Å². The zero-order valence-corrected chi connectivity index (χ0v) is 16.9. The number of nitrogens with one attached hydrogen (secondary N) is 1. The number of phenols is 3. The molecule has 30 heavy (non-hydrogen) atoms. The normalized spacial score (nSPS) is 15.0. The summed E-state index contributed by atoms with van der Waals surface area (Å²) in [5.41, 5.74) is 0.396. The fourth-order valence-electron chi connectivity index (χ4n) is 3.23. The van der Waals surface area contributed by atoms with Crippen LogP contribution in [0.25, 0.3) is 0 Å². The Morgan fingerprint density at radius 3 is 2.57 bits per heavy atom. The van der Waals surface area contributed by atoms with E-state index in [4.69, 9.17) is 21.1 Å². The Morgan fingerprint density at radius 2 is 1.90 bits per heavy atom. The zero-order valence-electron chi connectivity index (χ0n) is 16.2. The molecule has 4 N–H and O–H groups in total. The molecule has 1 amide bonds. The molecular formula is C20H20ClNO8. The van der Waals surface area contributed by atoms with Gasteiger partial charge in [0, 0.05) is 18.2 Å². The van der Waals surface area contributed by atoms with Crippen molar-refractivity contribution in [1.29, 1.82) is 0 Å². The molecule has 0 saturated carbocycles. The van der Waals surface area contributed by atoms with E-state index in [1.54, 1.807) is 0 Å². The van der Waals surface area contributed by atoms with Gasteiger partial charge in [0.15, 0.2) is 17.6 Å². The third-order valence-electron chi connectivity index (χ3n) is 4.70. The summed E-state index contributed by atoms with van der Waals surface area (Å²) in [7, 11) is 2.56. The first-order valence-electron chi connectivity index (χ1n) is 8.97. The molecule has 1 aliphatic heterocycles. The number of amides is 1. The van der Waals surface area contributed by atoms with Crippen LogP contribution in [0.5, 0.6) is 28.7 Å². The monoisotopic (exact) mass is 437 g/mol. The third-order valence-corrected chi connectivity index (χ3v) is 5.13. The van der Waals surface area contributed by atoms with E-state index < -0.39 is 23.7 Å². The Bertz CT molecular complexity index is 1010. The van der Waals surface area contributed by atoms with E-state index in [2.05, 4.69) is 10.1 Å². The average Bonchev–Trinajstić information content (AvgIpc) is 2.71. The van der Waals surface area contributed by atoms with E-state index in [-0.39, 0.29) is 46.2 Å². The standard InChI is InChI=1S/C20H20ClNO8/c1-28-16-8-15-10(6-11(16)23)22-19(26)14(30-15)5-3-4-9-17(20(27)29-2)12(24)7-13(25)18(9)21/h6-8,14,23-25H,3-5H2,1-2H3,(H,22,26). The number of halogens is 1. The summed E-state index contributed by atoms with van der Waals surface area (Å²) in [4.78, 5) is 24.3. The molecule has 1 unspecified atom stereocenters. The van der Waals surface area contributed by atoms with E-state index in [0.29, 0.717) is 17.9 Å². The highest BCUT2D eigenvalue weighted by atomic mass is 35.5. The number of benzene rings is 2. The fourth-order valence-corrected chi connectivity index (χ4v) is 3.47. The second-order valence-corrected chi connectivity index (χ2v) is 6.96. The van der Waals surface area contributed by atoms with Crippen LogP contribution in [0, 0.1) is 0 Å². The Kier molecular flexibility index (Phi) is 6.12. The Morgan fingerprint density at radius 1 is 1.17 bits per heavy atom. The lowest BCUT2D eigenvalue weighted by Crippen LogP contribution is -2.37. The summed E-state index contributed by atoms with van der Waals surface area (Å²) >= 11 is 6.12. The van der Waals surface area contributed by atoms with Crippen molar-refractivity contribution >= 4 is 29.2 Å². The van der Waals surface area contributed by atoms with Gasteiger partial charge in [0.2, 0.25) is 0 Å². The molecule has 1 aliphatic rings. The molecule has 0 fully saturated rings. The molecule has 1 atom stereocenters. The lowest BCUT2D eigenvalue weighted by Gasteiger charge is -2.26. The van der Waals surface area contributed by atoms with Gasteiger partial charge in [-0.05, 0) is 24.8 Å². The molecule has 0 spiro atoms. The maximum atomic E-state index is 12.3. The Labute approximate surface area is 176 Å². The number of anilines is 1. The number of ether oxygens (including phenoxy) is 3. The number of carbonyl (C=O) groups excluding carboxylic acids is 2. The number of aromatic hydroxyl groups is 3. The van der Waals surface area contributed by atoms with Crippen LogP contribution < -0.4 is 14.8 Å². The summed E-state index contributed by atoms with van der Waals surface area (Å²) in [6, 6.07) is 3.77. The van der Waals surface area contributed by atoms with Crippen LogP contribution in [0.1, 0.15) is 28.8 Å². The Hall–Kier alpha value is -3.33. The molecule has 2 aromatic rings. The zero-order chi connectivity index (χ0) is 22.0. The second-order valence-electron chi connectivity index (χ2n) is 6.58.